The van der Waals surface area contributed by atoms with Crippen LogP contribution in [-0.4, -0.2) is 42.5 Å². The van der Waals surface area contributed by atoms with Crippen molar-refractivity contribution in [2.75, 3.05) is 0 Å². The Bertz CT molecular complexity index is 268. The second-order valence-corrected chi connectivity index (χ2v) is 2.19. The van der Waals surface area contributed by atoms with E-state index in [1.165, 1.54) is 0 Å². The van der Waals surface area contributed by atoms with E-state index in [0.29, 0.717) is 0 Å². The fraction of sp³-hybridized carbons (Fsp3) is 0.500. The lowest BCUT2D eigenvalue weighted by Gasteiger charge is -2.14. The average molecular weight is 173 g/mol. The number of aromatic nitrogens is 4. The second kappa shape index (κ2) is 2.83. The van der Waals surface area contributed by atoms with Crippen LogP contribution in [0.2, 0.25) is 0 Å². The summed E-state index contributed by atoms with van der Waals surface area (Å²) in [4.78, 5) is 10.4. The average Bonchev–Trinajstić information content (AvgIpc) is 2.38. The number of hydrogen-bond donors (Lipinski definition) is 4. The Morgan fingerprint density at radius 2 is 2.33 bits per heavy atom. The zero-order chi connectivity index (χ0) is 9.19. The molecule has 1 rings (SSSR count). The van der Waals surface area contributed by atoms with Crippen LogP contribution < -0.4 is 5.73 Å². The number of H-pyrrole nitrogens is 1. The molecule has 0 aliphatic carbocycles. The molecule has 8 nitrogen and oxygen atoms in total. The Labute approximate surface area is 66.4 Å². The van der Waals surface area contributed by atoms with Gasteiger partial charge in [0.05, 0.1) is 6.42 Å². The van der Waals surface area contributed by atoms with Crippen molar-refractivity contribution in [3.63, 3.8) is 0 Å². The molecule has 0 spiro atoms. The van der Waals surface area contributed by atoms with Crippen molar-refractivity contribution in [2.24, 2.45) is 5.73 Å². The number of nitrogens with two attached hydrogens (primary N) is 1. The maximum Gasteiger partial charge on any atom is 0.277 e. The molecule has 0 fully saturated rings. The minimum Gasteiger partial charge on any atom is -0.365 e. The van der Waals surface area contributed by atoms with Gasteiger partial charge in [0.15, 0.2) is 5.82 Å². The van der Waals surface area contributed by atoms with Crippen molar-refractivity contribution in [1.82, 2.24) is 20.6 Å². The van der Waals surface area contributed by atoms with E-state index in [0.717, 1.165) is 0 Å². The van der Waals surface area contributed by atoms with Gasteiger partial charge in [-0.15, -0.1) is 10.2 Å². The molecule has 66 valence electrons. The zero-order valence-corrected chi connectivity index (χ0v) is 5.93. The van der Waals surface area contributed by atoms with Crippen LogP contribution >= 0.6 is 0 Å². The van der Waals surface area contributed by atoms with Gasteiger partial charge in [-0.05, 0) is 0 Å². The van der Waals surface area contributed by atoms with E-state index < -0.39 is 18.1 Å². The molecule has 1 aromatic rings. The number of hydrogen-bond acceptors (Lipinski definition) is 6. The van der Waals surface area contributed by atoms with Crippen LogP contribution in [0.1, 0.15) is 5.82 Å². The zero-order valence-electron chi connectivity index (χ0n) is 5.93. The highest BCUT2D eigenvalue weighted by Crippen LogP contribution is 2.04. The second-order valence-electron chi connectivity index (χ2n) is 2.19. The van der Waals surface area contributed by atoms with Gasteiger partial charge in [0.25, 0.3) is 11.7 Å². The fourth-order valence-corrected chi connectivity index (χ4v) is 0.565. The number of rotatable bonds is 3. The summed E-state index contributed by atoms with van der Waals surface area (Å²) in [6.45, 7) is 0. The molecule has 0 radical (unpaired) electrons. The van der Waals surface area contributed by atoms with Gasteiger partial charge in [-0.2, -0.15) is 5.21 Å². The molecule has 1 heterocycles. The quantitative estimate of drug-likeness (QED) is 0.357. The summed E-state index contributed by atoms with van der Waals surface area (Å²) in [6, 6.07) is 0. The van der Waals surface area contributed by atoms with Gasteiger partial charge in [-0.25, -0.2) is 0 Å². The number of nitrogens with one attached hydrogen (secondary N) is 1. The SMILES string of the molecule is NC(=O)C(O)(O)Cc1nn[nH]n1. The first-order chi connectivity index (χ1) is 5.52. The first kappa shape index (κ1) is 8.56. The summed E-state index contributed by atoms with van der Waals surface area (Å²) >= 11 is 0. The molecule has 5 N–H and O–H groups in total. The van der Waals surface area contributed by atoms with Crippen LogP contribution in [0.15, 0.2) is 0 Å². The number of amides is 1. The Hall–Kier alpha value is -1.54. The number of aliphatic hydroxyl groups is 2. The van der Waals surface area contributed by atoms with Crippen LogP contribution in [0.25, 0.3) is 0 Å². The number of tetrazole rings is 1. The molecule has 8 heteroatoms. The Morgan fingerprint density at radius 1 is 1.67 bits per heavy atom. The van der Waals surface area contributed by atoms with E-state index in [1.807, 2.05) is 0 Å². The lowest BCUT2D eigenvalue weighted by molar-refractivity contribution is -0.181. The van der Waals surface area contributed by atoms with Gasteiger partial charge in [-0.1, -0.05) is 5.21 Å². The summed E-state index contributed by atoms with van der Waals surface area (Å²) in [7, 11) is 0. The smallest absolute Gasteiger partial charge is 0.277 e. The van der Waals surface area contributed by atoms with Crippen LogP contribution in [0, 0.1) is 0 Å². The lowest BCUT2D eigenvalue weighted by Crippen LogP contribution is -2.45. The molecule has 1 amide bonds. The van der Waals surface area contributed by atoms with Gasteiger partial charge in [0.1, 0.15) is 0 Å². The summed E-state index contributed by atoms with van der Waals surface area (Å²) in [5, 5.41) is 29.9. The third kappa shape index (κ3) is 1.74. The van der Waals surface area contributed by atoms with Crippen LogP contribution in [0.5, 0.6) is 0 Å². The monoisotopic (exact) mass is 173 g/mol. The standard InChI is InChI=1S/C4H7N5O3/c5-3(10)4(11,12)1-2-6-8-9-7-2/h11-12H,1H2,(H2,5,10)(H,6,7,8,9). The normalized spacial score (nSPS) is 11.5. The number of primary amides is 1. The maximum absolute atomic E-state index is 10.4. The Kier molecular flexibility index (Phi) is 2.02. The number of aromatic amines is 1. The number of carbonyl (C=O) groups is 1. The van der Waals surface area contributed by atoms with Gasteiger partial charge in [-0.3, -0.25) is 4.79 Å². The van der Waals surface area contributed by atoms with Gasteiger partial charge < -0.3 is 15.9 Å². The van der Waals surface area contributed by atoms with E-state index >= 15 is 0 Å². The molecule has 0 aromatic carbocycles. The molecule has 1 aromatic heterocycles. The van der Waals surface area contributed by atoms with Crippen molar-refractivity contribution >= 4 is 5.91 Å². The number of nitrogens with zero attached hydrogens (tertiary/aromatic N) is 3. The first-order valence-corrected chi connectivity index (χ1v) is 2.99. The van der Waals surface area contributed by atoms with Crippen LogP contribution in [0.4, 0.5) is 0 Å². The van der Waals surface area contributed by atoms with Crippen LogP contribution in [-0.2, 0) is 11.2 Å². The molecule has 0 unspecified atom stereocenters. The van der Waals surface area contributed by atoms with E-state index in [1.54, 1.807) is 0 Å². The lowest BCUT2D eigenvalue weighted by atomic mass is 10.2. The summed E-state index contributed by atoms with van der Waals surface area (Å²) < 4.78 is 0. The molecular formula is C4H7N5O3. The van der Waals surface area contributed by atoms with Crippen molar-refractivity contribution in [2.45, 2.75) is 12.2 Å². The Balaban J connectivity index is 2.69. The molecule has 0 atom stereocenters. The minimum atomic E-state index is -2.62. The summed E-state index contributed by atoms with van der Waals surface area (Å²) in [5.41, 5.74) is 4.66. The van der Waals surface area contributed by atoms with Gasteiger partial charge in [0, 0.05) is 0 Å². The van der Waals surface area contributed by atoms with Crippen molar-refractivity contribution in [3.8, 4) is 0 Å². The van der Waals surface area contributed by atoms with Crippen molar-refractivity contribution < 1.29 is 15.0 Å². The predicted molar refractivity (Wildman–Crippen MR) is 34.2 cm³/mol. The van der Waals surface area contributed by atoms with Crippen LogP contribution in [0.3, 0.4) is 0 Å². The third-order valence-electron chi connectivity index (χ3n) is 1.19. The summed E-state index contributed by atoms with van der Waals surface area (Å²) in [5.74, 6) is -3.88. The Morgan fingerprint density at radius 3 is 2.75 bits per heavy atom. The molecular weight excluding hydrogens is 166 g/mol. The van der Waals surface area contributed by atoms with Crippen molar-refractivity contribution in [1.29, 1.82) is 0 Å². The van der Waals surface area contributed by atoms with Gasteiger partial charge >= 0.3 is 0 Å². The minimum absolute atomic E-state index is 0.00111. The van der Waals surface area contributed by atoms with Gasteiger partial charge in [0.2, 0.25) is 0 Å². The third-order valence-corrected chi connectivity index (χ3v) is 1.19. The first-order valence-electron chi connectivity index (χ1n) is 2.99. The van der Waals surface area contributed by atoms with E-state index in [-0.39, 0.29) is 5.82 Å². The summed E-state index contributed by atoms with van der Waals surface area (Å²) in [6.07, 6.45) is -0.487. The molecule has 12 heavy (non-hydrogen) atoms. The largest absolute Gasteiger partial charge is 0.365 e. The highest BCUT2D eigenvalue weighted by molar-refractivity contribution is 5.81. The van der Waals surface area contributed by atoms with E-state index in [4.69, 9.17) is 10.2 Å². The molecule has 0 saturated carbocycles. The number of carbonyl (C=O) groups excluding carboxylic acids is 1. The molecule has 0 bridgehead atoms. The van der Waals surface area contributed by atoms with Crippen molar-refractivity contribution in [3.05, 3.63) is 5.82 Å². The molecule has 0 aliphatic heterocycles. The maximum atomic E-state index is 10.4. The predicted octanol–water partition coefficient (Wildman–Crippen LogP) is -3.09. The fourth-order valence-electron chi connectivity index (χ4n) is 0.565. The molecule has 0 saturated heterocycles. The highest BCUT2D eigenvalue weighted by atomic mass is 16.5. The topological polar surface area (TPSA) is 138 Å². The van der Waals surface area contributed by atoms with E-state index in [9.17, 15) is 4.79 Å². The molecule has 0 aliphatic rings. The highest BCUT2D eigenvalue weighted by Gasteiger charge is 2.32. The van der Waals surface area contributed by atoms with E-state index in [2.05, 4.69) is 26.4 Å².